The van der Waals surface area contributed by atoms with E-state index in [4.69, 9.17) is 9.47 Å². The molecule has 162 valence electrons. The minimum absolute atomic E-state index is 0.0281. The summed E-state index contributed by atoms with van der Waals surface area (Å²) in [5, 5.41) is 0.803. The van der Waals surface area contributed by atoms with Crippen molar-refractivity contribution < 1.29 is 18.7 Å². The van der Waals surface area contributed by atoms with Gasteiger partial charge in [-0.3, -0.25) is 4.79 Å². The van der Waals surface area contributed by atoms with Gasteiger partial charge in [-0.15, -0.1) is 0 Å². The highest BCUT2D eigenvalue weighted by Gasteiger charge is 2.46. The number of nitrogens with one attached hydrogen (secondary N) is 1. The molecule has 1 aromatic heterocycles. The van der Waals surface area contributed by atoms with Crippen LogP contribution in [0.25, 0.3) is 10.9 Å². The quantitative estimate of drug-likeness (QED) is 0.632. The fourth-order valence-corrected chi connectivity index (χ4v) is 4.59. The molecule has 1 N–H and O–H groups in total. The number of rotatable bonds is 6. The van der Waals surface area contributed by atoms with Crippen LogP contribution in [-0.4, -0.2) is 40.8 Å². The van der Waals surface area contributed by atoms with Crippen molar-refractivity contribution in [3.63, 3.8) is 0 Å². The van der Waals surface area contributed by atoms with Crippen molar-refractivity contribution in [3.05, 3.63) is 71.7 Å². The first-order valence-corrected chi connectivity index (χ1v) is 10.8. The Morgan fingerprint density at radius 2 is 2.03 bits per heavy atom. The van der Waals surface area contributed by atoms with Gasteiger partial charge in [-0.2, -0.15) is 0 Å². The van der Waals surface area contributed by atoms with Crippen molar-refractivity contribution in [2.75, 3.05) is 13.2 Å². The van der Waals surface area contributed by atoms with Crippen LogP contribution >= 0.6 is 0 Å². The number of carbonyl (C=O) groups is 1. The van der Waals surface area contributed by atoms with Crippen molar-refractivity contribution >= 4 is 16.8 Å². The Bertz CT molecular complexity index is 1090. The number of halogens is 1. The standard InChI is InChI=1S/C25H27FN2O3/c1-25(2)30-15-19(31-25)14-28(13-17-12-27-23-9-8-18(26)10-21(17)23)24(29)22-11-20(22)16-6-4-3-5-7-16/h3-10,12,19-20,22,27H,11,13-15H2,1-2H3/t19-,20-,22-/m0/s1. The van der Waals surface area contributed by atoms with Crippen LogP contribution < -0.4 is 0 Å². The first kappa shape index (κ1) is 20.2. The van der Waals surface area contributed by atoms with Gasteiger partial charge in [0.2, 0.25) is 5.91 Å². The van der Waals surface area contributed by atoms with Gasteiger partial charge in [0.15, 0.2) is 5.79 Å². The Labute approximate surface area is 181 Å². The molecule has 1 aliphatic heterocycles. The fraction of sp³-hybridized carbons (Fsp3) is 0.400. The number of ether oxygens (including phenoxy) is 2. The van der Waals surface area contributed by atoms with Crippen LogP contribution in [0.1, 0.15) is 37.3 Å². The number of fused-ring (bicyclic) bond motifs is 1. The fourth-order valence-electron chi connectivity index (χ4n) is 4.59. The maximum absolute atomic E-state index is 13.8. The minimum atomic E-state index is -0.643. The van der Waals surface area contributed by atoms with Crippen LogP contribution in [0.3, 0.4) is 0 Å². The highest BCUT2D eigenvalue weighted by Crippen LogP contribution is 2.48. The van der Waals surface area contributed by atoms with E-state index in [1.807, 2.05) is 43.1 Å². The second kappa shape index (κ2) is 7.77. The van der Waals surface area contributed by atoms with Gasteiger partial charge in [-0.25, -0.2) is 4.39 Å². The second-order valence-corrected chi connectivity index (χ2v) is 9.03. The van der Waals surface area contributed by atoms with Crippen LogP contribution in [-0.2, 0) is 20.8 Å². The lowest BCUT2D eigenvalue weighted by atomic mass is 10.1. The van der Waals surface area contributed by atoms with Crippen LogP contribution in [0.15, 0.2) is 54.7 Å². The number of aromatic amines is 1. The number of nitrogens with zero attached hydrogens (tertiary/aromatic N) is 1. The van der Waals surface area contributed by atoms with Crippen molar-refractivity contribution in [2.24, 2.45) is 5.92 Å². The van der Waals surface area contributed by atoms with E-state index >= 15 is 0 Å². The van der Waals surface area contributed by atoms with Crippen LogP contribution in [0, 0.1) is 11.7 Å². The summed E-state index contributed by atoms with van der Waals surface area (Å²) in [6.45, 7) is 5.07. The predicted octanol–water partition coefficient (Wildman–Crippen LogP) is 4.59. The molecule has 3 aromatic rings. The van der Waals surface area contributed by atoms with E-state index in [2.05, 4.69) is 17.1 Å². The molecule has 1 aliphatic carbocycles. The molecular weight excluding hydrogens is 395 g/mol. The number of hydrogen-bond donors (Lipinski definition) is 1. The smallest absolute Gasteiger partial charge is 0.226 e. The molecule has 5 rings (SSSR count). The molecule has 5 nitrogen and oxygen atoms in total. The van der Waals surface area contributed by atoms with Crippen LogP contribution in [0.2, 0.25) is 0 Å². The van der Waals surface area contributed by atoms with Crippen molar-refractivity contribution in [2.45, 2.75) is 44.6 Å². The SMILES string of the molecule is CC1(C)OC[C@H](CN(Cc2c[nH]c3ccc(F)cc23)C(=O)[C@H]2C[C@H]2c2ccccc2)O1. The van der Waals surface area contributed by atoms with E-state index < -0.39 is 5.79 Å². The molecule has 6 heteroatoms. The van der Waals surface area contributed by atoms with Gasteiger partial charge >= 0.3 is 0 Å². The summed E-state index contributed by atoms with van der Waals surface area (Å²) >= 11 is 0. The molecule has 3 atom stereocenters. The zero-order chi connectivity index (χ0) is 21.6. The van der Waals surface area contributed by atoms with Gasteiger partial charge in [-0.05, 0) is 55.5 Å². The molecule has 0 unspecified atom stereocenters. The molecular formula is C25H27FN2O3. The Balaban J connectivity index is 1.38. The van der Waals surface area contributed by atoms with Gasteiger partial charge in [0.25, 0.3) is 0 Å². The number of amides is 1. The molecule has 1 saturated heterocycles. The first-order chi connectivity index (χ1) is 14.9. The molecule has 2 fully saturated rings. The largest absolute Gasteiger partial charge is 0.361 e. The summed E-state index contributed by atoms with van der Waals surface area (Å²) in [6.07, 6.45) is 2.53. The maximum Gasteiger partial charge on any atom is 0.226 e. The molecule has 0 spiro atoms. The zero-order valence-corrected chi connectivity index (χ0v) is 17.8. The van der Waals surface area contributed by atoms with Gasteiger partial charge in [-0.1, -0.05) is 30.3 Å². The summed E-state index contributed by atoms with van der Waals surface area (Å²) in [5.74, 6) is -0.580. The Morgan fingerprint density at radius 3 is 2.77 bits per heavy atom. The third-order valence-electron chi connectivity index (χ3n) is 6.23. The van der Waals surface area contributed by atoms with Gasteiger partial charge in [0.1, 0.15) is 11.9 Å². The number of hydrogen-bond acceptors (Lipinski definition) is 3. The lowest BCUT2D eigenvalue weighted by molar-refractivity contribution is -0.147. The third kappa shape index (κ3) is 4.23. The Hall–Kier alpha value is -2.70. The summed E-state index contributed by atoms with van der Waals surface area (Å²) in [6, 6.07) is 14.9. The number of carbonyl (C=O) groups excluding carboxylic acids is 1. The first-order valence-electron chi connectivity index (χ1n) is 10.8. The van der Waals surface area contributed by atoms with Crippen LogP contribution in [0.4, 0.5) is 4.39 Å². The predicted molar refractivity (Wildman–Crippen MR) is 116 cm³/mol. The average Bonchev–Trinajstić information content (AvgIpc) is 3.36. The van der Waals surface area contributed by atoms with E-state index in [9.17, 15) is 9.18 Å². The van der Waals surface area contributed by atoms with E-state index in [-0.39, 0.29) is 29.7 Å². The number of H-pyrrole nitrogens is 1. The molecule has 2 aliphatic rings. The molecule has 1 amide bonds. The Kier molecular flexibility index (Phi) is 5.07. The normalized spacial score (nSPS) is 24.4. The lowest BCUT2D eigenvalue weighted by Gasteiger charge is -2.26. The number of benzene rings is 2. The topological polar surface area (TPSA) is 54.6 Å². The minimum Gasteiger partial charge on any atom is -0.361 e. The monoisotopic (exact) mass is 422 g/mol. The van der Waals surface area contributed by atoms with Crippen molar-refractivity contribution in [1.82, 2.24) is 9.88 Å². The van der Waals surface area contributed by atoms with E-state index in [0.717, 1.165) is 22.9 Å². The molecule has 2 aromatic carbocycles. The summed E-state index contributed by atoms with van der Waals surface area (Å²) in [5.41, 5.74) is 2.97. The highest BCUT2D eigenvalue weighted by atomic mass is 19.1. The highest BCUT2D eigenvalue weighted by molar-refractivity contribution is 5.86. The molecule has 2 heterocycles. The maximum atomic E-state index is 13.8. The average molecular weight is 423 g/mol. The Morgan fingerprint density at radius 1 is 1.23 bits per heavy atom. The molecule has 31 heavy (non-hydrogen) atoms. The van der Waals surface area contributed by atoms with E-state index in [1.165, 1.54) is 17.7 Å². The van der Waals surface area contributed by atoms with Gasteiger partial charge < -0.3 is 19.4 Å². The van der Waals surface area contributed by atoms with Gasteiger partial charge in [0, 0.05) is 36.1 Å². The van der Waals surface area contributed by atoms with E-state index in [1.54, 1.807) is 6.07 Å². The van der Waals surface area contributed by atoms with Crippen LogP contribution in [0.5, 0.6) is 0 Å². The zero-order valence-electron chi connectivity index (χ0n) is 17.8. The summed E-state index contributed by atoms with van der Waals surface area (Å²) in [7, 11) is 0. The van der Waals surface area contributed by atoms with E-state index in [0.29, 0.717) is 19.7 Å². The molecule has 0 bridgehead atoms. The summed E-state index contributed by atoms with van der Waals surface area (Å²) in [4.78, 5) is 18.6. The van der Waals surface area contributed by atoms with Crippen molar-refractivity contribution in [3.8, 4) is 0 Å². The molecule has 1 saturated carbocycles. The molecule has 0 radical (unpaired) electrons. The number of aromatic nitrogens is 1. The lowest BCUT2D eigenvalue weighted by Crippen LogP contribution is -2.39. The van der Waals surface area contributed by atoms with Gasteiger partial charge in [0.05, 0.1) is 6.61 Å². The third-order valence-corrected chi connectivity index (χ3v) is 6.23. The summed E-state index contributed by atoms with van der Waals surface area (Å²) < 4.78 is 25.5. The second-order valence-electron chi connectivity index (χ2n) is 9.03. The van der Waals surface area contributed by atoms with Crippen molar-refractivity contribution in [1.29, 1.82) is 0 Å².